The van der Waals surface area contributed by atoms with Crippen LogP contribution in [0.2, 0.25) is 5.02 Å². The maximum atomic E-state index is 12.9. The normalized spacial score (nSPS) is 15.7. The Kier molecular flexibility index (Phi) is 6.52. The summed E-state index contributed by atoms with van der Waals surface area (Å²) in [4.78, 5) is 20.6. The van der Waals surface area contributed by atoms with Gasteiger partial charge < -0.3 is 9.64 Å². The van der Waals surface area contributed by atoms with Crippen LogP contribution in [0.1, 0.15) is 34.0 Å². The van der Waals surface area contributed by atoms with Crippen LogP contribution in [0.25, 0.3) is 0 Å². The number of nitrogens with zero attached hydrogens (tertiary/aromatic N) is 3. The van der Waals surface area contributed by atoms with Crippen LogP contribution in [0.4, 0.5) is 0 Å². The molecule has 2 aromatic heterocycles. The highest BCUT2D eigenvalue weighted by atomic mass is 35.5. The second-order valence-electron chi connectivity index (χ2n) is 7.15. The van der Waals surface area contributed by atoms with Crippen LogP contribution in [0.3, 0.4) is 0 Å². The van der Waals surface area contributed by atoms with Gasteiger partial charge >= 0.3 is 0 Å². The molecular formula is C19H24ClN3O4S2. The van der Waals surface area contributed by atoms with Crippen molar-refractivity contribution in [2.75, 3.05) is 26.2 Å². The molecule has 0 N–H and O–H groups in total. The average molecular weight is 458 g/mol. The number of hydrogen-bond donors (Lipinski definition) is 0. The molecule has 0 spiro atoms. The minimum Gasteiger partial charge on any atom is -0.474 e. The molecule has 0 saturated carbocycles. The Bertz CT molecular complexity index is 1010. The summed E-state index contributed by atoms with van der Waals surface area (Å²) in [6.07, 6.45) is 1.36. The molecule has 1 aliphatic heterocycles. The summed E-state index contributed by atoms with van der Waals surface area (Å²) in [7, 11) is -3.55. The fraction of sp³-hybridized carbons (Fsp3) is 0.474. The monoisotopic (exact) mass is 457 g/mol. The van der Waals surface area contributed by atoms with Crippen LogP contribution in [0.15, 0.2) is 23.2 Å². The van der Waals surface area contributed by atoms with E-state index in [9.17, 15) is 13.2 Å². The number of rotatable bonds is 5. The smallest absolute Gasteiger partial charge is 0.255 e. The SMILES string of the molecule is Cc1cc(S(=O)(=O)N2CCN(C(=O)c3cnc(OC(C)C)c(Cl)c3)CC2)c(C)s1. The van der Waals surface area contributed by atoms with Gasteiger partial charge in [-0.1, -0.05) is 11.6 Å². The van der Waals surface area contributed by atoms with E-state index in [4.69, 9.17) is 16.3 Å². The Hall–Kier alpha value is -1.68. The number of aryl methyl sites for hydroxylation is 2. The van der Waals surface area contributed by atoms with Crippen LogP contribution in [0, 0.1) is 13.8 Å². The molecule has 0 aliphatic carbocycles. The zero-order chi connectivity index (χ0) is 21.3. The van der Waals surface area contributed by atoms with Gasteiger partial charge in [-0.15, -0.1) is 11.3 Å². The number of aromatic nitrogens is 1. The topological polar surface area (TPSA) is 79.8 Å². The lowest BCUT2D eigenvalue weighted by atomic mass is 10.2. The van der Waals surface area contributed by atoms with E-state index in [0.29, 0.717) is 23.5 Å². The number of carbonyl (C=O) groups is 1. The molecule has 1 aliphatic rings. The lowest BCUT2D eigenvalue weighted by Gasteiger charge is -2.34. The van der Waals surface area contributed by atoms with Crippen molar-refractivity contribution >= 4 is 38.9 Å². The molecule has 1 amide bonds. The maximum absolute atomic E-state index is 12.9. The molecule has 0 aromatic carbocycles. The summed E-state index contributed by atoms with van der Waals surface area (Å²) >= 11 is 7.65. The van der Waals surface area contributed by atoms with E-state index in [1.165, 1.54) is 27.9 Å². The number of piperazine rings is 1. The number of amides is 1. The molecule has 29 heavy (non-hydrogen) atoms. The Morgan fingerprint density at radius 1 is 1.21 bits per heavy atom. The van der Waals surface area contributed by atoms with E-state index in [-0.39, 0.29) is 36.0 Å². The van der Waals surface area contributed by atoms with Crippen LogP contribution in [0.5, 0.6) is 5.88 Å². The Morgan fingerprint density at radius 2 is 1.86 bits per heavy atom. The molecule has 1 saturated heterocycles. The first-order valence-corrected chi connectivity index (χ1v) is 11.9. The number of ether oxygens (including phenoxy) is 1. The van der Waals surface area contributed by atoms with Crippen LogP contribution < -0.4 is 4.74 Å². The fourth-order valence-electron chi connectivity index (χ4n) is 3.17. The Morgan fingerprint density at radius 3 is 2.38 bits per heavy atom. The summed E-state index contributed by atoms with van der Waals surface area (Å²) in [5, 5.41) is 0.272. The molecule has 3 heterocycles. The van der Waals surface area contributed by atoms with Crippen molar-refractivity contribution in [3.63, 3.8) is 0 Å². The first-order valence-electron chi connectivity index (χ1n) is 9.28. The van der Waals surface area contributed by atoms with Gasteiger partial charge in [-0.05, 0) is 39.8 Å². The molecule has 2 aromatic rings. The van der Waals surface area contributed by atoms with Crippen molar-refractivity contribution in [2.24, 2.45) is 0 Å². The lowest BCUT2D eigenvalue weighted by Crippen LogP contribution is -2.50. The third kappa shape index (κ3) is 4.74. The summed E-state index contributed by atoms with van der Waals surface area (Å²) in [6.45, 7) is 8.55. The maximum Gasteiger partial charge on any atom is 0.255 e. The van der Waals surface area contributed by atoms with E-state index in [1.807, 2.05) is 27.7 Å². The highest BCUT2D eigenvalue weighted by Crippen LogP contribution is 2.29. The van der Waals surface area contributed by atoms with Crippen LogP contribution in [-0.4, -0.2) is 60.8 Å². The van der Waals surface area contributed by atoms with E-state index < -0.39 is 10.0 Å². The van der Waals surface area contributed by atoms with Crippen molar-refractivity contribution in [3.05, 3.63) is 38.7 Å². The van der Waals surface area contributed by atoms with Crippen molar-refractivity contribution in [1.82, 2.24) is 14.2 Å². The molecule has 0 unspecified atom stereocenters. The minimum absolute atomic E-state index is 0.0766. The van der Waals surface area contributed by atoms with Gasteiger partial charge in [0.15, 0.2) is 0 Å². The number of carbonyl (C=O) groups excluding carboxylic acids is 1. The minimum atomic E-state index is -3.55. The quantitative estimate of drug-likeness (QED) is 0.687. The fourth-order valence-corrected chi connectivity index (χ4v) is 6.33. The van der Waals surface area contributed by atoms with Crippen molar-refractivity contribution in [3.8, 4) is 5.88 Å². The predicted molar refractivity (Wildman–Crippen MR) is 113 cm³/mol. The first kappa shape index (κ1) is 22.0. The second-order valence-corrected chi connectivity index (χ2v) is 10.9. The molecular weight excluding hydrogens is 434 g/mol. The molecule has 7 nitrogen and oxygen atoms in total. The largest absolute Gasteiger partial charge is 0.474 e. The Labute approximate surface area is 180 Å². The summed E-state index contributed by atoms with van der Waals surface area (Å²) in [5.41, 5.74) is 0.353. The summed E-state index contributed by atoms with van der Waals surface area (Å²) in [5.74, 6) is 0.0608. The lowest BCUT2D eigenvalue weighted by molar-refractivity contribution is 0.0697. The summed E-state index contributed by atoms with van der Waals surface area (Å²) < 4.78 is 32.8. The molecule has 0 atom stereocenters. The molecule has 0 bridgehead atoms. The number of halogens is 1. The average Bonchev–Trinajstić information content (AvgIpc) is 3.01. The number of sulfonamides is 1. The van der Waals surface area contributed by atoms with E-state index in [2.05, 4.69) is 4.98 Å². The predicted octanol–water partition coefficient (Wildman–Crippen LogP) is 3.35. The molecule has 10 heteroatoms. The van der Waals surface area contributed by atoms with Gasteiger partial charge in [0.05, 0.1) is 16.6 Å². The standard InChI is InChI=1S/C19H24ClN3O4S2/c1-12(2)27-18-16(20)10-15(11-21-18)19(24)22-5-7-23(8-6-22)29(25,26)17-9-13(3)28-14(17)4/h9-12H,5-8H2,1-4H3. The van der Waals surface area contributed by atoms with Gasteiger partial charge in [-0.25, -0.2) is 13.4 Å². The zero-order valence-electron chi connectivity index (χ0n) is 16.8. The van der Waals surface area contributed by atoms with Crippen molar-refractivity contribution in [1.29, 1.82) is 0 Å². The van der Waals surface area contributed by atoms with Crippen molar-refractivity contribution in [2.45, 2.75) is 38.7 Å². The Balaban J connectivity index is 1.68. The first-order chi connectivity index (χ1) is 13.6. The molecule has 0 radical (unpaired) electrons. The van der Waals surface area contributed by atoms with E-state index in [0.717, 1.165) is 9.75 Å². The number of hydrogen-bond acceptors (Lipinski definition) is 6. The van der Waals surface area contributed by atoms with Gasteiger partial charge in [0.2, 0.25) is 15.9 Å². The number of thiophene rings is 1. The third-order valence-corrected chi connectivity index (χ3v) is 7.93. The zero-order valence-corrected chi connectivity index (χ0v) is 19.2. The van der Waals surface area contributed by atoms with Gasteiger partial charge in [-0.2, -0.15) is 4.31 Å². The molecule has 1 fully saturated rings. The van der Waals surface area contributed by atoms with Gasteiger partial charge in [0.25, 0.3) is 5.91 Å². The number of pyridine rings is 1. The highest BCUT2D eigenvalue weighted by Gasteiger charge is 2.32. The third-order valence-electron chi connectivity index (χ3n) is 4.54. The van der Waals surface area contributed by atoms with E-state index >= 15 is 0 Å². The van der Waals surface area contributed by atoms with Gasteiger partial charge in [0, 0.05) is 42.1 Å². The van der Waals surface area contributed by atoms with Gasteiger partial charge in [-0.3, -0.25) is 4.79 Å². The van der Waals surface area contributed by atoms with Crippen LogP contribution in [-0.2, 0) is 10.0 Å². The molecule has 158 valence electrons. The molecule has 3 rings (SSSR count). The van der Waals surface area contributed by atoms with Crippen molar-refractivity contribution < 1.29 is 17.9 Å². The highest BCUT2D eigenvalue weighted by molar-refractivity contribution is 7.89. The summed E-state index contributed by atoms with van der Waals surface area (Å²) in [6, 6.07) is 3.25. The van der Waals surface area contributed by atoms with Gasteiger partial charge in [0.1, 0.15) is 5.02 Å². The van der Waals surface area contributed by atoms with E-state index in [1.54, 1.807) is 11.0 Å². The second kappa shape index (κ2) is 8.59. The van der Waals surface area contributed by atoms with Crippen LogP contribution >= 0.6 is 22.9 Å².